The van der Waals surface area contributed by atoms with Crippen molar-refractivity contribution in [2.24, 2.45) is 10.2 Å². The summed E-state index contributed by atoms with van der Waals surface area (Å²) in [5, 5.41) is 8.17. The number of amides is 1. The second-order valence-electron chi connectivity index (χ2n) is 6.64. The highest BCUT2D eigenvalue weighted by Crippen LogP contribution is 2.12. The Morgan fingerprint density at radius 2 is 1.20 bits per heavy atom. The van der Waals surface area contributed by atoms with Gasteiger partial charge < -0.3 is 9.47 Å². The van der Waals surface area contributed by atoms with Crippen molar-refractivity contribution in [1.82, 2.24) is 5.43 Å². The maximum atomic E-state index is 12.2. The fourth-order valence-corrected chi connectivity index (χ4v) is 2.49. The molecule has 3 rings (SSSR count). The van der Waals surface area contributed by atoms with Crippen molar-refractivity contribution in [3.05, 3.63) is 89.5 Å². The first-order valence-corrected chi connectivity index (χ1v) is 11.3. The number of ether oxygens (including phenoxy) is 2. The monoisotopic (exact) mass is 500 g/mol. The van der Waals surface area contributed by atoms with Crippen molar-refractivity contribution in [3.63, 3.8) is 0 Å². The van der Waals surface area contributed by atoms with Crippen molar-refractivity contribution in [1.29, 1.82) is 0 Å². The van der Waals surface area contributed by atoms with Gasteiger partial charge in [0.05, 0.1) is 32.3 Å². The molecule has 0 fully saturated rings. The maximum absolute atomic E-state index is 12.2. The Kier molecular flexibility index (Phi) is 10.4. The second-order valence-corrected chi connectivity index (χ2v) is 7.54. The van der Waals surface area contributed by atoms with Crippen LogP contribution in [0, 0.1) is 0 Å². The molecule has 4 N–H and O–H groups in total. The minimum Gasteiger partial charge on any atom is -0.497 e. The lowest BCUT2D eigenvalue weighted by Gasteiger charge is -2.03. The number of hydrogen-bond acceptors (Lipinski definition) is 8. The number of hydrazone groups is 2. The smallest absolute Gasteiger partial charge is 0.394 e. The molecule has 0 heterocycles. The predicted molar refractivity (Wildman–Crippen MR) is 133 cm³/mol. The van der Waals surface area contributed by atoms with Gasteiger partial charge in [-0.2, -0.15) is 18.6 Å². The summed E-state index contributed by atoms with van der Waals surface area (Å²) in [5.41, 5.74) is 8.48. The molecule has 12 heteroatoms. The van der Waals surface area contributed by atoms with Crippen LogP contribution in [0.2, 0.25) is 0 Å². The van der Waals surface area contributed by atoms with E-state index in [0.29, 0.717) is 5.56 Å². The lowest BCUT2D eigenvalue weighted by Crippen LogP contribution is -2.17. The van der Waals surface area contributed by atoms with Crippen LogP contribution in [0.4, 0.5) is 5.69 Å². The Bertz CT molecular complexity index is 1230. The molecule has 0 unspecified atom stereocenters. The largest absolute Gasteiger partial charge is 0.497 e. The zero-order chi connectivity index (χ0) is 25.7. The van der Waals surface area contributed by atoms with E-state index in [1.807, 2.05) is 48.5 Å². The molecule has 0 bridgehead atoms. The average Bonchev–Trinajstić information content (AvgIpc) is 2.84. The fraction of sp³-hybridized carbons (Fsp3) is 0.0870. The van der Waals surface area contributed by atoms with Crippen molar-refractivity contribution >= 4 is 34.4 Å². The quantitative estimate of drug-likeness (QED) is 0.208. The lowest BCUT2D eigenvalue weighted by atomic mass is 10.2. The van der Waals surface area contributed by atoms with Crippen LogP contribution >= 0.6 is 0 Å². The number of nitrogens with one attached hydrogen (secondary N) is 2. The van der Waals surface area contributed by atoms with Gasteiger partial charge in [-0.3, -0.25) is 19.3 Å². The number of methoxy groups -OCH3 is 2. The summed E-state index contributed by atoms with van der Waals surface area (Å²) in [7, 11) is -1.43. The molecular formula is C23H24N4O7S. The van der Waals surface area contributed by atoms with Gasteiger partial charge in [0.15, 0.2) is 0 Å². The fourth-order valence-electron chi connectivity index (χ4n) is 2.49. The summed E-state index contributed by atoms with van der Waals surface area (Å²) >= 11 is 0. The normalized spacial score (nSPS) is 11.0. The van der Waals surface area contributed by atoms with E-state index in [9.17, 15) is 4.79 Å². The molecule has 0 aliphatic rings. The Balaban J connectivity index is 0.000000784. The van der Waals surface area contributed by atoms with E-state index in [4.69, 9.17) is 27.0 Å². The van der Waals surface area contributed by atoms with Gasteiger partial charge in [0.1, 0.15) is 11.5 Å². The van der Waals surface area contributed by atoms with Gasteiger partial charge in [-0.05, 0) is 83.9 Å². The summed E-state index contributed by atoms with van der Waals surface area (Å²) in [4.78, 5) is 12.2. The number of benzene rings is 3. The molecular weight excluding hydrogens is 476 g/mol. The van der Waals surface area contributed by atoms with Crippen molar-refractivity contribution < 1.29 is 31.8 Å². The Labute approximate surface area is 202 Å². The van der Waals surface area contributed by atoms with Gasteiger partial charge in [0.25, 0.3) is 5.91 Å². The third-order valence-electron chi connectivity index (χ3n) is 4.17. The average molecular weight is 501 g/mol. The summed E-state index contributed by atoms with van der Waals surface area (Å²) < 4.78 is 41.8. The molecule has 0 spiro atoms. The molecule has 0 aliphatic carbocycles. The number of rotatable bonds is 8. The lowest BCUT2D eigenvalue weighted by molar-refractivity contribution is 0.0955. The molecule has 35 heavy (non-hydrogen) atoms. The highest BCUT2D eigenvalue weighted by atomic mass is 32.3. The Morgan fingerprint density at radius 1 is 0.771 bits per heavy atom. The van der Waals surface area contributed by atoms with E-state index in [0.717, 1.165) is 28.3 Å². The van der Waals surface area contributed by atoms with Crippen molar-refractivity contribution in [2.75, 3.05) is 19.6 Å². The van der Waals surface area contributed by atoms with Crippen molar-refractivity contribution in [2.45, 2.75) is 0 Å². The number of anilines is 1. The summed E-state index contributed by atoms with van der Waals surface area (Å²) in [6, 6.07) is 21.8. The standard InChI is InChI=1S/C23H22N4O3.H2O4S/c1-29-21-11-3-17(4-12-21)15-24-26-20-9-7-19(8-10-20)23(28)27-25-16-18-5-13-22(30-2)14-6-18;1-5(2,3)4/h3-16,26H,1-2H3,(H,27,28);(H2,1,2,3,4)/b24-15+,25-16+;. The first kappa shape index (κ1) is 27.0. The van der Waals surface area contributed by atoms with Gasteiger partial charge in [0, 0.05) is 5.56 Å². The van der Waals surface area contributed by atoms with E-state index in [-0.39, 0.29) is 5.91 Å². The van der Waals surface area contributed by atoms with Crippen LogP contribution in [0.5, 0.6) is 11.5 Å². The van der Waals surface area contributed by atoms with Crippen LogP contribution in [0.1, 0.15) is 21.5 Å². The molecule has 184 valence electrons. The van der Waals surface area contributed by atoms with Crippen molar-refractivity contribution in [3.8, 4) is 11.5 Å². The number of carbonyl (C=O) groups is 1. The minimum atomic E-state index is -4.67. The van der Waals surface area contributed by atoms with E-state index >= 15 is 0 Å². The summed E-state index contributed by atoms with van der Waals surface area (Å²) in [6.07, 6.45) is 3.27. The summed E-state index contributed by atoms with van der Waals surface area (Å²) in [5.74, 6) is 1.26. The molecule has 0 aromatic heterocycles. The number of carbonyl (C=O) groups excluding carboxylic acids is 1. The van der Waals surface area contributed by atoms with Crippen LogP contribution in [-0.2, 0) is 10.4 Å². The first-order chi connectivity index (χ1) is 16.7. The van der Waals surface area contributed by atoms with Crippen LogP contribution in [-0.4, -0.2) is 50.1 Å². The molecule has 3 aromatic rings. The number of hydrogen-bond donors (Lipinski definition) is 4. The van der Waals surface area contributed by atoms with Gasteiger partial charge in [-0.1, -0.05) is 0 Å². The molecule has 0 saturated heterocycles. The van der Waals surface area contributed by atoms with E-state index < -0.39 is 10.4 Å². The molecule has 1 amide bonds. The topological polar surface area (TPSA) is 159 Å². The molecule has 0 radical (unpaired) electrons. The number of nitrogens with zero attached hydrogens (tertiary/aromatic N) is 2. The predicted octanol–water partition coefficient (Wildman–Crippen LogP) is 3.26. The van der Waals surface area contributed by atoms with Gasteiger partial charge in [-0.25, -0.2) is 5.43 Å². The SMILES string of the molecule is COc1ccc(/C=N/NC(=O)c2ccc(N/N=C/c3ccc(OC)cc3)cc2)cc1.O=S(=O)(O)O. The van der Waals surface area contributed by atoms with E-state index in [1.54, 1.807) is 50.9 Å². The first-order valence-electron chi connectivity index (χ1n) is 9.88. The molecule has 11 nitrogen and oxygen atoms in total. The van der Waals surface area contributed by atoms with Gasteiger partial charge in [0.2, 0.25) is 0 Å². The van der Waals surface area contributed by atoms with Crippen LogP contribution in [0.15, 0.2) is 83.0 Å². The highest BCUT2D eigenvalue weighted by Gasteiger charge is 2.03. The maximum Gasteiger partial charge on any atom is 0.394 e. The Hall–Kier alpha value is -4.26. The second kappa shape index (κ2) is 13.4. The third-order valence-corrected chi connectivity index (χ3v) is 4.17. The molecule has 3 aromatic carbocycles. The van der Waals surface area contributed by atoms with Gasteiger partial charge >= 0.3 is 10.4 Å². The zero-order valence-corrected chi connectivity index (χ0v) is 19.6. The van der Waals surface area contributed by atoms with Gasteiger partial charge in [-0.15, -0.1) is 0 Å². The van der Waals surface area contributed by atoms with E-state index in [2.05, 4.69) is 21.1 Å². The molecule has 0 atom stereocenters. The van der Waals surface area contributed by atoms with Crippen LogP contribution in [0.3, 0.4) is 0 Å². The van der Waals surface area contributed by atoms with E-state index in [1.165, 1.54) is 0 Å². The molecule has 0 saturated carbocycles. The zero-order valence-electron chi connectivity index (χ0n) is 18.8. The third kappa shape index (κ3) is 10.9. The summed E-state index contributed by atoms with van der Waals surface area (Å²) in [6.45, 7) is 0. The highest BCUT2D eigenvalue weighted by molar-refractivity contribution is 7.79. The Morgan fingerprint density at radius 3 is 1.63 bits per heavy atom. The van der Waals surface area contributed by atoms with Crippen LogP contribution < -0.4 is 20.3 Å². The molecule has 0 aliphatic heterocycles. The van der Waals surface area contributed by atoms with Crippen LogP contribution in [0.25, 0.3) is 0 Å². The minimum absolute atomic E-state index is 0.298.